The van der Waals surface area contributed by atoms with Crippen molar-refractivity contribution in [1.29, 1.82) is 0 Å². The monoisotopic (exact) mass is 307 g/mol. The number of anilines is 1. The molecule has 1 amide bonds. The number of benzene rings is 1. The van der Waals surface area contributed by atoms with Crippen molar-refractivity contribution in [2.75, 3.05) is 11.4 Å². The summed E-state index contributed by atoms with van der Waals surface area (Å²) in [5.74, 6) is -8.72. The molecule has 114 valence electrons. The van der Waals surface area contributed by atoms with E-state index in [9.17, 15) is 27.2 Å². The minimum absolute atomic E-state index is 0.144. The van der Waals surface area contributed by atoms with Gasteiger partial charge in [0.15, 0.2) is 0 Å². The molecule has 1 unspecified atom stereocenters. The van der Waals surface area contributed by atoms with Crippen LogP contribution in [0.2, 0.25) is 0 Å². The van der Waals surface area contributed by atoms with Gasteiger partial charge in [0.05, 0.1) is 12.2 Å². The maximum atomic E-state index is 13.2. The van der Waals surface area contributed by atoms with Gasteiger partial charge in [0.1, 0.15) is 5.75 Å². The van der Waals surface area contributed by atoms with Crippen LogP contribution in [0.5, 0.6) is 5.75 Å². The van der Waals surface area contributed by atoms with Crippen molar-refractivity contribution in [3.05, 3.63) is 24.3 Å². The summed E-state index contributed by atoms with van der Waals surface area (Å²) in [5.41, 5.74) is -0.180. The van der Waals surface area contributed by atoms with Crippen LogP contribution in [0.1, 0.15) is 0 Å². The van der Waals surface area contributed by atoms with Crippen LogP contribution in [0, 0.1) is 0 Å². The van der Waals surface area contributed by atoms with Crippen LogP contribution >= 0.6 is 0 Å². The minimum Gasteiger partial charge on any atom is -0.478 e. The highest BCUT2D eigenvalue weighted by Crippen LogP contribution is 2.36. The first-order valence-corrected chi connectivity index (χ1v) is 5.71. The zero-order valence-corrected chi connectivity index (χ0v) is 10.3. The Kier molecular flexibility index (Phi) is 3.75. The van der Waals surface area contributed by atoms with E-state index in [1.807, 2.05) is 0 Å². The third-order valence-corrected chi connectivity index (χ3v) is 2.85. The molecule has 1 N–H and O–H groups in total. The van der Waals surface area contributed by atoms with Gasteiger partial charge in [0.2, 0.25) is 6.10 Å². The van der Waals surface area contributed by atoms with Crippen molar-refractivity contribution in [2.45, 2.75) is 18.5 Å². The Bertz CT molecular complexity index is 578. The van der Waals surface area contributed by atoms with Gasteiger partial charge < -0.3 is 9.84 Å². The first-order valence-electron chi connectivity index (χ1n) is 5.71. The van der Waals surface area contributed by atoms with Crippen molar-refractivity contribution in [3.63, 3.8) is 0 Å². The second-order valence-electron chi connectivity index (χ2n) is 4.25. The lowest BCUT2D eigenvalue weighted by molar-refractivity contribution is -0.167. The third kappa shape index (κ3) is 2.63. The summed E-state index contributed by atoms with van der Waals surface area (Å²) in [4.78, 5) is 22.9. The van der Waals surface area contributed by atoms with Crippen LogP contribution in [-0.2, 0) is 9.59 Å². The molecular weight excluding hydrogens is 298 g/mol. The number of amides is 1. The smallest absolute Gasteiger partial charge is 0.384 e. The van der Waals surface area contributed by atoms with E-state index in [-0.39, 0.29) is 11.4 Å². The van der Waals surface area contributed by atoms with E-state index in [2.05, 4.69) is 0 Å². The number of ether oxygens (including phenoxy) is 1. The normalized spacial score (nSPS) is 18.1. The molecule has 5 nitrogen and oxygen atoms in total. The van der Waals surface area contributed by atoms with E-state index in [1.54, 1.807) is 0 Å². The molecule has 0 spiro atoms. The average molecular weight is 307 g/mol. The summed E-state index contributed by atoms with van der Waals surface area (Å²) in [6, 6.07) is 5.26. The molecule has 0 aromatic heterocycles. The van der Waals surface area contributed by atoms with Gasteiger partial charge in [-0.05, 0) is 12.1 Å². The highest BCUT2D eigenvalue weighted by Gasteiger charge is 2.53. The predicted octanol–water partition coefficient (Wildman–Crippen LogP) is 1.77. The van der Waals surface area contributed by atoms with E-state index >= 15 is 0 Å². The van der Waals surface area contributed by atoms with E-state index in [0.29, 0.717) is 4.90 Å². The van der Waals surface area contributed by atoms with Gasteiger partial charge in [-0.1, -0.05) is 12.1 Å². The summed E-state index contributed by atoms with van der Waals surface area (Å²) in [6.45, 7) is -0.784. The number of carboxylic acid groups (broad SMARTS) is 1. The molecule has 9 heteroatoms. The van der Waals surface area contributed by atoms with E-state index < -0.39 is 36.9 Å². The number of carbonyl (C=O) groups excluding carboxylic acids is 1. The number of hydrogen-bond donors (Lipinski definition) is 1. The number of carboxylic acids is 1. The molecule has 1 aromatic carbocycles. The zero-order chi connectivity index (χ0) is 15.8. The van der Waals surface area contributed by atoms with Crippen molar-refractivity contribution in [1.82, 2.24) is 0 Å². The van der Waals surface area contributed by atoms with Crippen LogP contribution in [0.3, 0.4) is 0 Å². The molecule has 0 saturated carbocycles. The molecule has 0 aliphatic carbocycles. The lowest BCUT2D eigenvalue weighted by Gasteiger charge is -2.34. The molecule has 1 aliphatic rings. The average Bonchev–Trinajstić information content (AvgIpc) is 2.44. The summed E-state index contributed by atoms with van der Waals surface area (Å²) in [7, 11) is 0. The number of rotatable bonds is 3. The van der Waals surface area contributed by atoms with E-state index in [4.69, 9.17) is 9.84 Å². The number of carbonyl (C=O) groups is 2. The van der Waals surface area contributed by atoms with Gasteiger partial charge in [-0.25, -0.2) is 13.6 Å². The first-order chi connectivity index (χ1) is 9.75. The fourth-order valence-corrected chi connectivity index (χ4v) is 1.83. The van der Waals surface area contributed by atoms with Gasteiger partial charge >= 0.3 is 24.2 Å². The van der Waals surface area contributed by atoms with Crippen molar-refractivity contribution >= 4 is 17.6 Å². The van der Waals surface area contributed by atoms with Crippen LogP contribution < -0.4 is 9.64 Å². The number of aliphatic carboxylic acids is 1. The molecule has 2 rings (SSSR count). The Hall–Kier alpha value is -2.32. The number of halogens is 4. The van der Waals surface area contributed by atoms with Crippen LogP contribution in [0.4, 0.5) is 23.2 Å². The highest BCUT2D eigenvalue weighted by molar-refractivity contribution is 6.01. The molecule has 21 heavy (non-hydrogen) atoms. The summed E-state index contributed by atoms with van der Waals surface area (Å²) in [6.07, 6.45) is -5.80. The molecule has 1 heterocycles. The number of hydrogen-bond acceptors (Lipinski definition) is 3. The largest absolute Gasteiger partial charge is 0.478 e. The first kappa shape index (κ1) is 15.1. The Morgan fingerprint density at radius 1 is 1.33 bits per heavy atom. The van der Waals surface area contributed by atoms with Gasteiger partial charge in [-0.15, -0.1) is 0 Å². The summed E-state index contributed by atoms with van der Waals surface area (Å²) < 4.78 is 56.1. The van der Waals surface area contributed by atoms with E-state index in [0.717, 1.165) is 0 Å². The molecule has 0 bridgehead atoms. The fraction of sp³-hybridized carbons (Fsp3) is 0.333. The number of nitrogens with zero attached hydrogens (tertiary/aromatic N) is 1. The number of alkyl halides is 4. The van der Waals surface area contributed by atoms with Crippen molar-refractivity contribution in [3.8, 4) is 5.75 Å². The fourth-order valence-electron chi connectivity index (χ4n) is 1.83. The maximum absolute atomic E-state index is 13.2. The van der Waals surface area contributed by atoms with Crippen LogP contribution in [-0.4, -0.2) is 42.0 Å². The Morgan fingerprint density at radius 2 is 1.95 bits per heavy atom. The van der Waals surface area contributed by atoms with E-state index in [1.165, 1.54) is 24.3 Å². The minimum atomic E-state index is -4.91. The summed E-state index contributed by atoms with van der Waals surface area (Å²) in [5, 5.41) is 8.88. The Labute approximate surface area is 115 Å². The van der Waals surface area contributed by atoms with Gasteiger partial charge in [0.25, 0.3) is 0 Å². The maximum Gasteiger partial charge on any atom is 0.384 e. The lowest BCUT2D eigenvalue weighted by Crippen LogP contribution is -2.54. The Morgan fingerprint density at radius 3 is 2.52 bits per heavy atom. The van der Waals surface area contributed by atoms with Gasteiger partial charge in [-0.2, -0.15) is 8.78 Å². The number of para-hydroxylation sites is 2. The van der Waals surface area contributed by atoms with Crippen molar-refractivity contribution < 1.29 is 37.0 Å². The van der Waals surface area contributed by atoms with Crippen LogP contribution in [0.25, 0.3) is 0 Å². The lowest BCUT2D eigenvalue weighted by atomic mass is 10.1. The number of fused-ring (bicyclic) bond motifs is 1. The summed E-state index contributed by atoms with van der Waals surface area (Å²) >= 11 is 0. The van der Waals surface area contributed by atoms with Crippen LogP contribution in [0.15, 0.2) is 24.3 Å². The zero-order valence-electron chi connectivity index (χ0n) is 10.3. The molecule has 0 radical (unpaired) electrons. The topological polar surface area (TPSA) is 66.8 Å². The highest BCUT2D eigenvalue weighted by atomic mass is 19.3. The second-order valence-corrected chi connectivity index (χ2v) is 4.25. The molecule has 1 aliphatic heterocycles. The predicted molar refractivity (Wildman–Crippen MR) is 61.8 cm³/mol. The quantitative estimate of drug-likeness (QED) is 0.864. The standard InChI is InChI=1S/C12H9F4NO4/c13-10(14)12(15,16)11(20)17-5-8(9(18)19)21-7-4-2-1-3-6(7)17/h1-4,8,10H,5H2,(H,18,19). The SMILES string of the molecule is O=C(O)C1CN(C(=O)C(F)(F)C(F)F)c2ccccc2O1. The molecule has 1 aromatic rings. The Balaban J connectivity index is 2.42. The van der Waals surface area contributed by atoms with Crippen molar-refractivity contribution in [2.24, 2.45) is 0 Å². The molecule has 0 saturated heterocycles. The van der Waals surface area contributed by atoms with Gasteiger partial charge in [0, 0.05) is 0 Å². The molecule has 0 fully saturated rings. The molecule has 1 atom stereocenters. The van der Waals surface area contributed by atoms with Gasteiger partial charge in [-0.3, -0.25) is 9.69 Å². The second kappa shape index (κ2) is 5.23. The third-order valence-electron chi connectivity index (χ3n) is 2.85. The molecular formula is C12H9F4NO4.